The van der Waals surface area contributed by atoms with E-state index in [1.807, 2.05) is 21.0 Å². The number of aryl methyl sites for hydroxylation is 1. The highest BCUT2D eigenvalue weighted by molar-refractivity contribution is 5.10. The minimum Gasteiger partial charge on any atom is -0.400 e. The summed E-state index contributed by atoms with van der Waals surface area (Å²) in [6.07, 6.45) is 23.0. The highest BCUT2D eigenvalue weighted by Gasteiger charge is 2.60. The van der Waals surface area contributed by atoms with Crippen LogP contribution in [0.4, 0.5) is 0 Å². The number of ether oxygens (including phenoxy) is 1. The molecule has 0 saturated heterocycles. The van der Waals surface area contributed by atoms with E-state index in [9.17, 15) is 0 Å². The molecule has 220 valence electrons. The summed E-state index contributed by atoms with van der Waals surface area (Å²) < 4.78 is 8.40. The van der Waals surface area contributed by atoms with E-state index in [-0.39, 0.29) is 0 Å². The average Bonchev–Trinajstić information content (AvgIpc) is 3.53. The number of rotatable bonds is 8. The van der Waals surface area contributed by atoms with Crippen LogP contribution in [0.3, 0.4) is 0 Å². The molecule has 0 aromatic carbocycles. The molecule has 4 aliphatic carbocycles. The molecule has 4 saturated carbocycles. The number of nitrogens with zero attached hydrogens (tertiary/aromatic N) is 2. The van der Waals surface area contributed by atoms with Gasteiger partial charge in [-0.2, -0.15) is 5.10 Å². The van der Waals surface area contributed by atoms with Crippen LogP contribution in [0.25, 0.3) is 0 Å². The molecule has 0 bridgehead atoms. The fourth-order valence-corrected chi connectivity index (χ4v) is 10.2. The summed E-state index contributed by atoms with van der Waals surface area (Å²) >= 11 is 0. The Morgan fingerprint density at radius 3 is 2.34 bits per heavy atom. The van der Waals surface area contributed by atoms with Crippen molar-refractivity contribution in [2.75, 3.05) is 14.2 Å². The van der Waals surface area contributed by atoms with Gasteiger partial charge in [-0.15, -0.1) is 0 Å². The van der Waals surface area contributed by atoms with Gasteiger partial charge in [-0.25, -0.2) is 0 Å². The number of fused-ring (bicyclic) bond motifs is 5. The zero-order valence-corrected chi connectivity index (χ0v) is 26.3. The van der Waals surface area contributed by atoms with Crippen LogP contribution in [0.2, 0.25) is 0 Å². The number of aliphatic hydroxyl groups is 1. The largest absolute Gasteiger partial charge is 0.400 e. The molecule has 38 heavy (non-hydrogen) atoms. The van der Waals surface area contributed by atoms with Gasteiger partial charge in [0.15, 0.2) is 0 Å². The first kappa shape index (κ1) is 31.7. The molecule has 9 unspecified atom stereocenters. The minimum atomic E-state index is 0.291. The van der Waals surface area contributed by atoms with Crippen LogP contribution in [0.15, 0.2) is 12.4 Å². The van der Waals surface area contributed by atoms with Crippen LogP contribution in [-0.2, 0) is 17.7 Å². The van der Waals surface area contributed by atoms with Crippen LogP contribution in [-0.4, -0.2) is 35.2 Å². The molecular weight excluding hydrogens is 468 g/mol. The van der Waals surface area contributed by atoms with Crippen molar-refractivity contribution in [1.82, 2.24) is 9.78 Å². The monoisotopic (exact) mass is 530 g/mol. The summed E-state index contributed by atoms with van der Waals surface area (Å²) in [5, 5.41) is 11.7. The maximum atomic E-state index is 7.00. The topological polar surface area (TPSA) is 47.3 Å². The first-order valence-corrected chi connectivity index (χ1v) is 16.4. The summed E-state index contributed by atoms with van der Waals surface area (Å²) in [5.74, 6) is 5.58. The smallest absolute Gasteiger partial charge is 0.0800 e. The lowest BCUT2D eigenvalue weighted by Crippen LogP contribution is -2.53. The molecule has 0 aliphatic heterocycles. The predicted octanol–water partition coefficient (Wildman–Crippen LogP) is 8.56. The van der Waals surface area contributed by atoms with Crippen molar-refractivity contribution in [3.63, 3.8) is 0 Å². The highest BCUT2D eigenvalue weighted by Crippen LogP contribution is 2.67. The number of hydrogen-bond donors (Lipinski definition) is 1. The number of aromatic nitrogens is 2. The van der Waals surface area contributed by atoms with Gasteiger partial charge < -0.3 is 9.84 Å². The third-order valence-electron chi connectivity index (χ3n) is 11.7. The lowest BCUT2D eigenvalue weighted by molar-refractivity contribution is -0.117. The molecule has 4 heteroatoms. The Hall–Kier alpha value is -0.870. The first-order chi connectivity index (χ1) is 18.4. The quantitative estimate of drug-likeness (QED) is 0.366. The van der Waals surface area contributed by atoms with Gasteiger partial charge >= 0.3 is 0 Å². The van der Waals surface area contributed by atoms with E-state index >= 15 is 0 Å². The van der Waals surface area contributed by atoms with Gasteiger partial charge in [0.25, 0.3) is 0 Å². The van der Waals surface area contributed by atoms with Crippen molar-refractivity contribution < 1.29 is 9.84 Å². The normalized spacial score (nSPS) is 38.4. The van der Waals surface area contributed by atoms with Crippen molar-refractivity contribution in [1.29, 1.82) is 0 Å². The van der Waals surface area contributed by atoms with Crippen molar-refractivity contribution in [2.24, 2.45) is 46.3 Å². The van der Waals surface area contributed by atoms with Crippen molar-refractivity contribution in [3.8, 4) is 0 Å². The molecular formula is C34H62N2O2. The van der Waals surface area contributed by atoms with Crippen molar-refractivity contribution in [3.05, 3.63) is 18.0 Å². The summed E-state index contributed by atoms with van der Waals surface area (Å²) in [5.41, 5.74) is 2.46. The highest BCUT2D eigenvalue weighted by atomic mass is 16.5. The van der Waals surface area contributed by atoms with Gasteiger partial charge in [-0.1, -0.05) is 67.2 Å². The Morgan fingerprint density at radius 2 is 1.66 bits per heavy atom. The van der Waals surface area contributed by atoms with Crippen LogP contribution < -0.4 is 0 Å². The maximum absolute atomic E-state index is 7.00. The van der Waals surface area contributed by atoms with Gasteiger partial charge in [-0.05, 0) is 110 Å². The van der Waals surface area contributed by atoms with Gasteiger partial charge in [0, 0.05) is 20.4 Å². The summed E-state index contributed by atoms with van der Waals surface area (Å²) in [4.78, 5) is 0. The van der Waals surface area contributed by atoms with E-state index in [4.69, 9.17) is 14.9 Å². The Morgan fingerprint density at radius 1 is 0.974 bits per heavy atom. The van der Waals surface area contributed by atoms with Crippen molar-refractivity contribution >= 4 is 0 Å². The Kier molecular flexibility index (Phi) is 11.8. The Labute approximate surface area is 235 Å². The van der Waals surface area contributed by atoms with Crippen LogP contribution in [0.5, 0.6) is 0 Å². The SMILES string of the molecule is CC.CCCc1cnn(CC(OC)C2CCC3C4CCC5(C)CC(CCC)CCC5C4CCC23C)c1.CO. The van der Waals surface area contributed by atoms with E-state index in [0.717, 1.165) is 49.7 Å². The second kappa shape index (κ2) is 14.2. The molecule has 1 aromatic heterocycles. The predicted molar refractivity (Wildman–Crippen MR) is 160 cm³/mol. The molecule has 1 aromatic rings. The summed E-state index contributed by atoms with van der Waals surface area (Å²) in [6.45, 7) is 14.9. The molecule has 0 amide bonds. The van der Waals surface area contributed by atoms with E-state index < -0.39 is 0 Å². The fourth-order valence-electron chi connectivity index (χ4n) is 10.2. The zero-order chi connectivity index (χ0) is 27.9. The molecule has 0 radical (unpaired) electrons. The van der Waals surface area contributed by atoms with E-state index in [0.29, 0.717) is 22.9 Å². The first-order valence-electron chi connectivity index (χ1n) is 16.4. The summed E-state index contributed by atoms with van der Waals surface area (Å²) in [7, 11) is 2.95. The minimum absolute atomic E-state index is 0.291. The second-order valence-corrected chi connectivity index (χ2v) is 13.5. The van der Waals surface area contributed by atoms with Crippen molar-refractivity contribution in [2.45, 2.75) is 138 Å². The van der Waals surface area contributed by atoms with Gasteiger partial charge in [0.1, 0.15) is 0 Å². The third-order valence-corrected chi connectivity index (χ3v) is 11.7. The van der Waals surface area contributed by atoms with E-state index in [2.05, 4.69) is 44.8 Å². The average molecular weight is 531 g/mol. The molecule has 4 nitrogen and oxygen atoms in total. The molecule has 4 fully saturated rings. The van der Waals surface area contributed by atoms with Gasteiger partial charge in [-0.3, -0.25) is 4.68 Å². The van der Waals surface area contributed by atoms with Crippen LogP contribution in [0, 0.1) is 46.3 Å². The Bertz CT molecular complexity index is 823. The molecule has 4 aliphatic rings. The lowest BCUT2D eigenvalue weighted by atomic mass is 9.45. The maximum Gasteiger partial charge on any atom is 0.0800 e. The van der Waals surface area contributed by atoms with Gasteiger partial charge in [0.05, 0.1) is 18.8 Å². The number of hydrogen-bond acceptors (Lipinski definition) is 3. The van der Waals surface area contributed by atoms with E-state index in [1.54, 1.807) is 0 Å². The van der Waals surface area contributed by atoms with Gasteiger partial charge in [0.2, 0.25) is 0 Å². The molecule has 5 rings (SSSR count). The van der Waals surface area contributed by atoms with Crippen LogP contribution >= 0.6 is 0 Å². The van der Waals surface area contributed by atoms with Crippen LogP contribution in [0.1, 0.15) is 124 Å². The molecule has 1 N–H and O–H groups in total. The third kappa shape index (κ3) is 6.22. The Balaban J connectivity index is 0.000000956. The summed E-state index contributed by atoms with van der Waals surface area (Å²) in [6, 6.07) is 0. The number of methoxy groups -OCH3 is 1. The molecule has 1 heterocycles. The lowest BCUT2D eigenvalue weighted by Gasteiger charge is -2.60. The van der Waals surface area contributed by atoms with E-state index in [1.165, 1.54) is 82.6 Å². The molecule has 0 spiro atoms. The zero-order valence-electron chi connectivity index (χ0n) is 26.3. The standard InChI is InChI=1S/C31H52N2O.C2H6.CH4O/c1-6-8-22-10-11-26-24-15-17-31(4)27(25(24)14-16-30(26,3)18-22)12-13-28(31)29(34-5)21-33-20-23(9-7-2)19-32-33;2*1-2/h19-20,22,24-29H,6-18,21H2,1-5H3;1-2H3;2H,1H3. The molecule has 9 atom stereocenters. The number of aliphatic hydroxyl groups excluding tert-OH is 1. The fraction of sp³-hybridized carbons (Fsp3) is 0.912. The second-order valence-electron chi connectivity index (χ2n) is 13.5.